The van der Waals surface area contributed by atoms with E-state index in [2.05, 4.69) is 5.32 Å². The maximum atomic E-state index is 12.6. The first-order chi connectivity index (χ1) is 8.87. The Labute approximate surface area is 117 Å². The van der Waals surface area contributed by atoms with Crippen LogP contribution >= 0.6 is 0 Å². The topological polar surface area (TPSA) is 52.7 Å². The number of piperidine rings is 2. The third-order valence-electron chi connectivity index (χ3n) is 4.60. The van der Waals surface area contributed by atoms with Gasteiger partial charge in [0.15, 0.2) is 0 Å². The second kappa shape index (κ2) is 5.68. The van der Waals surface area contributed by atoms with E-state index >= 15 is 0 Å². The normalized spacial score (nSPS) is 30.4. The summed E-state index contributed by atoms with van der Waals surface area (Å²) in [6, 6.07) is 0.00681. The first kappa shape index (κ1) is 15.2. The predicted molar refractivity (Wildman–Crippen MR) is 77.2 cm³/mol. The van der Waals surface area contributed by atoms with Gasteiger partial charge in [0, 0.05) is 32.7 Å². The van der Waals surface area contributed by atoms with Gasteiger partial charge in [0.25, 0.3) is 10.2 Å². The lowest BCUT2D eigenvalue weighted by atomic mass is 9.75. The van der Waals surface area contributed by atoms with Crippen molar-refractivity contribution in [1.82, 2.24) is 13.9 Å². The van der Waals surface area contributed by atoms with Gasteiger partial charge in [-0.1, -0.05) is 0 Å². The summed E-state index contributed by atoms with van der Waals surface area (Å²) in [5, 5.41) is 3.43. The van der Waals surface area contributed by atoms with Gasteiger partial charge in [0.1, 0.15) is 0 Å². The fraction of sp³-hybridized carbons (Fsp3) is 1.00. The van der Waals surface area contributed by atoms with Gasteiger partial charge in [-0.05, 0) is 51.5 Å². The second-order valence-electron chi connectivity index (χ2n) is 6.34. The smallest absolute Gasteiger partial charge is 0.281 e. The molecule has 2 saturated heterocycles. The van der Waals surface area contributed by atoms with Crippen LogP contribution in [0.2, 0.25) is 0 Å². The van der Waals surface area contributed by atoms with Gasteiger partial charge in [-0.15, -0.1) is 0 Å². The molecule has 19 heavy (non-hydrogen) atoms. The monoisotopic (exact) mass is 289 g/mol. The lowest BCUT2D eigenvalue weighted by Gasteiger charge is -2.45. The maximum absolute atomic E-state index is 12.6. The van der Waals surface area contributed by atoms with Crippen molar-refractivity contribution in [1.29, 1.82) is 0 Å². The van der Waals surface area contributed by atoms with Crippen LogP contribution in [0.5, 0.6) is 0 Å². The molecular weight excluding hydrogens is 262 g/mol. The molecule has 112 valence electrons. The molecule has 1 unspecified atom stereocenters. The SMILES string of the molecule is CC(C)N(C)S(=O)(=O)N1CCCC2(CCCNC2)C1. The lowest BCUT2D eigenvalue weighted by molar-refractivity contribution is 0.106. The van der Waals surface area contributed by atoms with E-state index in [1.165, 1.54) is 4.31 Å². The van der Waals surface area contributed by atoms with Crippen LogP contribution in [0.25, 0.3) is 0 Å². The minimum Gasteiger partial charge on any atom is -0.316 e. The fourth-order valence-electron chi connectivity index (χ4n) is 3.19. The van der Waals surface area contributed by atoms with Crippen LogP contribution in [0.15, 0.2) is 0 Å². The van der Waals surface area contributed by atoms with Gasteiger partial charge in [0.2, 0.25) is 0 Å². The van der Waals surface area contributed by atoms with E-state index in [1.54, 1.807) is 11.4 Å². The van der Waals surface area contributed by atoms with Crippen LogP contribution < -0.4 is 5.32 Å². The summed E-state index contributed by atoms with van der Waals surface area (Å²) in [7, 11) is -1.62. The van der Waals surface area contributed by atoms with Crippen LogP contribution in [-0.2, 0) is 10.2 Å². The number of nitrogens with one attached hydrogen (secondary N) is 1. The Morgan fingerprint density at radius 2 is 1.95 bits per heavy atom. The number of hydrogen-bond acceptors (Lipinski definition) is 3. The van der Waals surface area contributed by atoms with Gasteiger partial charge in [-0.25, -0.2) is 0 Å². The van der Waals surface area contributed by atoms with Crippen molar-refractivity contribution in [3.05, 3.63) is 0 Å². The maximum Gasteiger partial charge on any atom is 0.281 e. The van der Waals surface area contributed by atoms with E-state index in [-0.39, 0.29) is 11.5 Å². The summed E-state index contributed by atoms with van der Waals surface area (Å²) in [6.07, 6.45) is 4.44. The Kier molecular flexibility index (Phi) is 4.55. The van der Waals surface area contributed by atoms with Crippen LogP contribution in [0.3, 0.4) is 0 Å². The Morgan fingerprint density at radius 1 is 1.26 bits per heavy atom. The quantitative estimate of drug-likeness (QED) is 0.844. The Balaban J connectivity index is 2.12. The molecule has 1 atom stereocenters. The molecule has 1 N–H and O–H groups in total. The van der Waals surface area contributed by atoms with Crippen molar-refractivity contribution >= 4 is 10.2 Å². The highest BCUT2D eigenvalue weighted by atomic mass is 32.2. The van der Waals surface area contributed by atoms with E-state index < -0.39 is 10.2 Å². The van der Waals surface area contributed by atoms with Gasteiger partial charge in [0.05, 0.1) is 0 Å². The molecule has 0 aromatic carbocycles. The zero-order valence-electron chi connectivity index (χ0n) is 12.4. The highest BCUT2D eigenvalue weighted by molar-refractivity contribution is 7.86. The third-order valence-corrected chi connectivity index (χ3v) is 6.72. The van der Waals surface area contributed by atoms with E-state index in [9.17, 15) is 8.42 Å². The van der Waals surface area contributed by atoms with Crippen molar-refractivity contribution in [2.75, 3.05) is 33.2 Å². The van der Waals surface area contributed by atoms with E-state index in [1.807, 2.05) is 13.8 Å². The summed E-state index contributed by atoms with van der Waals surface area (Å²) in [6.45, 7) is 7.21. The minimum absolute atomic E-state index is 0.00681. The van der Waals surface area contributed by atoms with E-state index in [4.69, 9.17) is 0 Å². The first-order valence-electron chi connectivity index (χ1n) is 7.31. The predicted octanol–water partition coefficient (Wildman–Crippen LogP) is 1.04. The molecule has 0 aliphatic carbocycles. The number of rotatable bonds is 3. The van der Waals surface area contributed by atoms with Gasteiger partial charge >= 0.3 is 0 Å². The van der Waals surface area contributed by atoms with E-state index in [0.29, 0.717) is 13.1 Å². The Morgan fingerprint density at radius 3 is 2.53 bits per heavy atom. The van der Waals surface area contributed by atoms with Crippen molar-refractivity contribution in [2.24, 2.45) is 5.41 Å². The summed E-state index contributed by atoms with van der Waals surface area (Å²) < 4.78 is 28.4. The lowest BCUT2D eigenvalue weighted by Crippen LogP contribution is -2.55. The molecule has 0 bridgehead atoms. The van der Waals surface area contributed by atoms with Crippen molar-refractivity contribution in [3.63, 3.8) is 0 Å². The van der Waals surface area contributed by atoms with Crippen molar-refractivity contribution < 1.29 is 8.42 Å². The molecular formula is C13H27N3O2S. The molecule has 6 heteroatoms. The van der Waals surface area contributed by atoms with Crippen molar-refractivity contribution in [3.8, 4) is 0 Å². The van der Waals surface area contributed by atoms with E-state index in [0.717, 1.165) is 38.8 Å². The molecule has 0 aromatic heterocycles. The average molecular weight is 289 g/mol. The summed E-state index contributed by atoms with van der Waals surface area (Å²) in [5.74, 6) is 0. The van der Waals surface area contributed by atoms with Crippen LogP contribution in [0, 0.1) is 5.41 Å². The van der Waals surface area contributed by atoms with Gasteiger partial charge in [-0.2, -0.15) is 17.0 Å². The van der Waals surface area contributed by atoms with Crippen LogP contribution in [0.1, 0.15) is 39.5 Å². The molecule has 2 fully saturated rings. The second-order valence-corrected chi connectivity index (χ2v) is 8.32. The Bertz CT molecular complexity index is 397. The fourth-order valence-corrected chi connectivity index (χ4v) is 4.88. The molecule has 0 aromatic rings. The van der Waals surface area contributed by atoms with Crippen molar-refractivity contribution in [2.45, 2.75) is 45.6 Å². The minimum atomic E-state index is -3.30. The zero-order valence-corrected chi connectivity index (χ0v) is 13.2. The molecule has 0 saturated carbocycles. The highest BCUT2D eigenvalue weighted by Crippen LogP contribution is 2.37. The largest absolute Gasteiger partial charge is 0.316 e. The van der Waals surface area contributed by atoms with Crippen LogP contribution in [0.4, 0.5) is 0 Å². The third kappa shape index (κ3) is 3.12. The number of hydrogen-bond donors (Lipinski definition) is 1. The molecule has 0 amide bonds. The first-order valence-corrected chi connectivity index (χ1v) is 8.71. The standard InChI is InChI=1S/C13H27N3O2S/c1-12(2)15(3)19(17,18)16-9-5-7-13(11-16)6-4-8-14-10-13/h12,14H,4-11H2,1-3H3. The van der Waals surface area contributed by atoms with Gasteiger partial charge < -0.3 is 5.32 Å². The zero-order chi connectivity index (χ0) is 14.1. The molecule has 1 spiro atoms. The molecule has 2 aliphatic rings. The molecule has 0 radical (unpaired) electrons. The Hall–Kier alpha value is -0.170. The van der Waals surface area contributed by atoms with Gasteiger partial charge in [-0.3, -0.25) is 0 Å². The average Bonchev–Trinajstić information content (AvgIpc) is 2.38. The molecule has 2 rings (SSSR count). The summed E-state index contributed by atoms with van der Waals surface area (Å²) in [5.41, 5.74) is 0.168. The highest BCUT2D eigenvalue weighted by Gasteiger charge is 2.41. The molecule has 5 nitrogen and oxygen atoms in total. The summed E-state index contributed by atoms with van der Waals surface area (Å²) in [4.78, 5) is 0. The summed E-state index contributed by atoms with van der Waals surface area (Å²) >= 11 is 0. The van der Waals surface area contributed by atoms with Crippen LogP contribution in [-0.4, -0.2) is 56.3 Å². The molecule has 2 aliphatic heterocycles. The number of nitrogens with zero attached hydrogens (tertiary/aromatic N) is 2. The molecule has 2 heterocycles.